The van der Waals surface area contributed by atoms with Crippen molar-refractivity contribution < 1.29 is 14.7 Å². The maximum Gasteiger partial charge on any atom is 0.329 e. The van der Waals surface area contributed by atoms with Crippen molar-refractivity contribution in [3.8, 4) is 0 Å². The van der Waals surface area contributed by atoms with Crippen LogP contribution in [0.15, 0.2) is 24.3 Å². The number of rotatable bonds is 7. The van der Waals surface area contributed by atoms with Crippen LogP contribution in [-0.2, 0) is 10.5 Å². The summed E-state index contributed by atoms with van der Waals surface area (Å²) in [6.45, 7) is 3.43. The number of carbonyl (C=O) groups is 2. The number of benzene rings is 1. The third-order valence-electron chi connectivity index (χ3n) is 3.14. The number of amides is 1. The summed E-state index contributed by atoms with van der Waals surface area (Å²) in [5.41, 5.74) is 0.408. The van der Waals surface area contributed by atoms with Crippen LogP contribution in [0.5, 0.6) is 0 Å². The van der Waals surface area contributed by atoms with Gasteiger partial charge in [-0.1, -0.05) is 25.5 Å². The highest BCUT2D eigenvalue weighted by molar-refractivity contribution is 7.97. The van der Waals surface area contributed by atoms with Crippen LogP contribution in [0.25, 0.3) is 0 Å². The largest absolute Gasteiger partial charge is 0.480 e. The molecule has 0 aliphatic rings. The average molecular weight is 295 g/mol. The Morgan fingerprint density at radius 2 is 1.90 bits per heavy atom. The van der Waals surface area contributed by atoms with Crippen molar-refractivity contribution in [1.82, 2.24) is 5.32 Å². The zero-order valence-electron chi connectivity index (χ0n) is 12.1. The Morgan fingerprint density at radius 1 is 1.30 bits per heavy atom. The maximum atomic E-state index is 12.1. The molecule has 0 aromatic heterocycles. The summed E-state index contributed by atoms with van der Waals surface area (Å²) in [5.74, 6) is -0.462. The predicted octanol–water partition coefficient (Wildman–Crippen LogP) is 2.92. The highest BCUT2D eigenvalue weighted by Crippen LogP contribution is 2.15. The Bertz CT molecular complexity index is 473. The lowest BCUT2D eigenvalue weighted by Gasteiger charge is -2.25. The molecule has 0 aliphatic heterocycles. The highest BCUT2D eigenvalue weighted by Gasteiger charge is 2.33. The number of hydrogen-bond acceptors (Lipinski definition) is 3. The highest BCUT2D eigenvalue weighted by atomic mass is 32.2. The quantitative estimate of drug-likeness (QED) is 0.811. The predicted molar refractivity (Wildman–Crippen MR) is 82.1 cm³/mol. The molecule has 0 spiro atoms. The fourth-order valence-electron chi connectivity index (χ4n) is 1.96. The average Bonchev–Trinajstić information content (AvgIpc) is 2.40. The lowest BCUT2D eigenvalue weighted by molar-refractivity contribution is -0.144. The van der Waals surface area contributed by atoms with Crippen LogP contribution in [0.2, 0.25) is 0 Å². The van der Waals surface area contributed by atoms with Crippen molar-refractivity contribution >= 4 is 23.6 Å². The van der Waals surface area contributed by atoms with E-state index in [1.54, 1.807) is 30.8 Å². The third kappa shape index (κ3) is 4.27. The van der Waals surface area contributed by atoms with Gasteiger partial charge in [0.1, 0.15) is 5.54 Å². The van der Waals surface area contributed by atoms with Gasteiger partial charge in [0, 0.05) is 11.3 Å². The number of carboxylic acids is 1. The summed E-state index contributed by atoms with van der Waals surface area (Å²) in [6, 6.07) is 7.25. The maximum absolute atomic E-state index is 12.1. The van der Waals surface area contributed by atoms with Gasteiger partial charge < -0.3 is 10.4 Å². The third-order valence-corrected chi connectivity index (χ3v) is 3.76. The second-order valence-corrected chi connectivity index (χ2v) is 5.84. The first kappa shape index (κ1) is 16.6. The van der Waals surface area contributed by atoms with Gasteiger partial charge in [0.2, 0.25) is 0 Å². The van der Waals surface area contributed by atoms with Crippen LogP contribution in [-0.4, -0.2) is 28.8 Å². The fourth-order valence-corrected chi connectivity index (χ4v) is 2.49. The molecule has 0 saturated carbocycles. The van der Waals surface area contributed by atoms with E-state index in [-0.39, 0.29) is 5.91 Å². The van der Waals surface area contributed by atoms with E-state index in [2.05, 4.69) is 5.32 Å². The Morgan fingerprint density at radius 3 is 2.35 bits per heavy atom. The molecule has 1 rings (SSSR count). The van der Waals surface area contributed by atoms with E-state index >= 15 is 0 Å². The van der Waals surface area contributed by atoms with Crippen molar-refractivity contribution in [2.75, 3.05) is 6.26 Å². The minimum absolute atomic E-state index is 0.348. The van der Waals surface area contributed by atoms with E-state index in [0.29, 0.717) is 18.4 Å². The topological polar surface area (TPSA) is 66.4 Å². The van der Waals surface area contributed by atoms with Gasteiger partial charge in [-0.2, -0.15) is 11.8 Å². The van der Waals surface area contributed by atoms with Crippen LogP contribution >= 0.6 is 11.8 Å². The molecule has 0 radical (unpaired) electrons. The molecule has 4 nitrogen and oxygen atoms in total. The number of carbonyl (C=O) groups excluding carboxylic acids is 1. The van der Waals surface area contributed by atoms with Gasteiger partial charge in [0.25, 0.3) is 5.91 Å². The van der Waals surface area contributed by atoms with E-state index in [0.717, 1.165) is 11.3 Å². The van der Waals surface area contributed by atoms with Crippen molar-refractivity contribution in [3.63, 3.8) is 0 Å². The van der Waals surface area contributed by atoms with Crippen LogP contribution in [0, 0.1) is 0 Å². The van der Waals surface area contributed by atoms with Gasteiger partial charge >= 0.3 is 5.97 Å². The number of aliphatic carboxylic acids is 1. The molecule has 20 heavy (non-hydrogen) atoms. The molecule has 110 valence electrons. The number of hydrogen-bond donors (Lipinski definition) is 2. The Balaban J connectivity index is 2.81. The smallest absolute Gasteiger partial charge is 0.329 e. The molecule has 1 amide bonds. The summed E-state index contributed by atoms with van der Waals surface area (Å²) in [5, 5.41) is 11.9. The summed E-state index contributed by atoms with van der Waals surface area (Å²) in [4.78, 5) is 23.4. The molecule has 1 aromatic carbocycles. The first-order chi connectivity index (χ1) is 9.42. The molecule has 1 atom stereocenters. The summed E-state index contributed by atoms with van der Waals surface area (Å²) in [6.07, 6.45) is 3.11. The summed E-state index contributed by atoms with van der Waals surface area (Å²) >= 11 is 1.71. The van der Waals surface area contributed by atoms with E-state index in [4.69, 9.17) is 0 Å². The van der Waals surface area contributed by atoms with Crippen molar-refractivity contribution in [2.24, 2.45) is 0 Å². The van der Waals surface area contributed by atoms with Crippen LogP contribution in [0.4, 0.5) is 0 Å². The van der Waals surface area contributed by atoms with E-state index in [1.807, 2.05) is 25.3 Å². The van der Waals surface area contributed by atoms with Crippen molar-refractivity contribution in [1.29, 1.82) is 0 Å². The molecule has 0 bridgehead atoms. The SMILES string of the molecule is CCCC(C)(NC(=O)c1ccc(CSC)cc1)C(=O)O. The van der Waals surface area contributed by atoms with Gasteiger partial charge in [0.05, 0.1) is 0 Å². The summed E-state index contributed by atoms with van der Waals surface area (Å²) in [7, 11) is 0. The molecular weight excluding hydrogens is 274 g/mol. The fraction of sp³-hybridized carbons (Fsp3) is 0.467. The molecule has 0 saturated heterocycles. The van der Waals surface area contributed by atoms with Gasteiger partial charge in [0.15, 0.2) is 0 Å². The summed E-state index contributed by atoms with van der Waals surface area (Å²) < 4.78 is 0. The van der Waals surface area contributed by atoms with Crippen LogP contribution in [0.1, 0.15) is 42.6 Å². The van der Waals surface area contributed by atoms with Crippen molar-refractivity contribution in [2.45, 2.75) is 38.0 Å². The lowest BCUT2D eigenvalue weighted by atomic mass is 9.95. The molecule has 1 aromatic rings. The van der Waals surface area contributed by atoms with Crippen LogP contribution in [0.3, 0.4) is 0 Å². The van der Waals surface area contributed by atoms with Gasteiger partial charge in [-0.3, -0.25) is 4.79 Å². The minimum Gasteiger partial charge on any atom is -0.480 e. The second-order valence-electron chi connectivity index (χ2n) is 4.97. The lowest BCUT2D eigenvalue weighted by Crippen LogP contribution is -2.52. The van der Waals surface area contributed by atoms with E-state index in [1.165, 1.54) is 0 Å². The minimum atomic E-state index is -1.22. The Hall–Kier alpha value is -1.49. The van der Waals surface area contributed by atoms with E-state index in [9.17, 15) is 14.7 Å². The first-order valence-electron chi connectivity index (χ1n) is 6.56. The molecule has 0 heterocycles. The molecule has 0 fully saturated rings. The number of carboxylic acid groups (broad SMARTS) is 1. The van der Waals surface area contributed by atoms with Gasteiger partial charge in [-0.25, -0.2) is 4.79 Å². The molecule has 0 aliphatic carbocycles. The molecule has 2 N–H and O–H groups in total. The van der Waals surface area contributed by atoms with Crippen LogP contribution < -0.4 is 5.32 Å². The first-order valence-corrected chi connectivity index (χ1v) is 7.96. The Kier molecular flexibility index (Phi) is 6.07. The standard InChI is InChI=1S/C15H21NO3S/c1-4-9-15(2,14(18)19)16-13(17)12-7-5-11(6-8-12)10-20-3/h5-8H,4,9-10H2,1-3H3,(H,16,17)(H,18,19). The zero-order valence-corrected chi connectivity index (χ0v) is 12.9. The van der Waals surface area contributed by atoms with Gasteiger partial charge in [-0.05, 0) is 37.3 Å². The molecule has 1 unspecified atom stereocenters. The second kappa shape index (κ2) is 7.33. The number of nitrogens with one attached hydrogen (secondary N) is 1. The molecule has 5 heteroatoms. The Labute approximate surface area is 124 Å². The zero-order chi connectivity index (χ0) is 15.2. The normalized spacial score (nSPS) is 13.6. The number of thioether (sulfide) groups is 1. The van der Waals surface area contributed by atoms with E-state index < -0.39 is 11.5 Å². The molecular formula is C15H21NO3S. The van der Waals surface area contributed by atoms with Gasteiger partial charge in [-0.15, -0.1) is 0 Å². The monoisotopic (exact) mass is 295 g/mol. The van der Waals surface area contributed by atoms with Crippen molar-refractivity contribution in [3.05, 3.63) is 35.4 Å².